The van der Waals surface area contributed by atoms with Gasteiger partial charge in [-0.15, -0.1) is 0 Å². The van der Waals surface area contributed by atoms with Gasteiger partial charge in [-0.25, -0.2) is 18.7 Å². The molecule has 2 aromatic heterocycles. The third-order valence-electron chi connectivity index (χ3n) is 4.27. The van der Waals surface area contributed by atoms with E-state index >= 15 is 0 Å². The summed E-state index contributed by atoms with van der Waals surface area (Å²) in [5.41, 5.74) is 0.740. The molecule has 2 aromatic carbocycles. The molecule has 0 aliphatic rings. The van der Waals surface area contributed by atoms with E-state index in [9.17, 15) is 8.78 Å². The molecule has 0 fully saturated rings. The molecule has 12 heteroatoms. The molecule has 0 aliphatic heterocycles. The first-order chi connectivity index (χ1) is 15.9. The SMILES string of the molecule is COCCn1cnc(-c2ccc(Br)cc2F)n1.OCCn1cnc(-c2ccc(Br)cc2F)n1. The number of benzene rings is 2. The van der Waals surface area contributed by atoms with E-state index in [4.69, 9.17) is 9.84 Å². The number of aliphatic hydroxyl groups excluding tert-OH is 1. The maximum absolute atomic E-state index is 13.7. The van der Waals surface area contributed by atoms with Crippen LogP contribution in [0.1, 0.15) is 0 Å². The summed E-state index contributed by atoms with van der Waals surface area (Å²) in [6.07, 6.45) is 3.03. The van der Waals surface area contributed by atoms with Gasteiger partial charge >= 0.3 is 0 Å². The minimum Gasteiger partial charge on any atom is -0.394 e. The van der Waals surface area contributed by atoms with E-state index in [0.29, 0.717) is 51.4 Å². The molecule has 0 saturated heterocycles. The largest absolute Gasteiger partial charge is 0.394 e. The van der Waals surface area contributed by atoms with Gasteiger partial charge in [-0.1, -0.05) is 31.9 Å². The number of hydrogen-bond acceptors (Lipinski definition) is 6. The van der Waals surface area contributed by atoms with Gasteiger partial charge in [-0.2, -0.15) is 10.2 Å². The van der Waals surface area contributed by atoms with E-state index in [1.54, 1.807) is 42.4 Å². The number of hydrogen-bond donors (Lipinski definition) is 1. The minimum atomic E-state index is -0.379. The number of nitrogens with zero attached hydrogens (tertiary/aromatic N) is 6. The van der Waals surface area contributed by atoms with E-state index in [0.717, 1.165) is 0 Å². The molecule has 0 unspecified atom stereocenters. The van der Waals surface area contributed by atoms with Crippen molar-refractivity contribution in [3.63, 3.8) is 0 Å². The number of aromatic nitrogens is 6. The molecule has 0 aliphatic carbocycles. The molecule has 0 spiro atoms. The van der Waals surface area contributed by atoms with Crippen LogP contribution in [-0.2, 0) is 17.8 Å². The van der Waals surface area contributed by atoms with Gasteiger partial charge in [-0.3, -0.25) is 9.36 Å². The van der Waals surface area contributed by atoms with Gasteiger partial charge in [0.25, 0.3) is 0 Å². The molecular weight excluding hydrogens is 566 g/mol. The summed E-state index contributed by atoms with van der Waals surface area (Å²) >= 11 is 6.39. The van der Waals surface area contributed by atoms with Gasteiger partial charge in [-0.05, 0) is 36.4 Å². The highest BCUT2D eigenvalue weighted by Crippen LogP contribution is 2.23. The Kier molecular flexibility index (Phi) is 9.18. The van der Waals surface area contributed by atoms with Crippen molar-refractivity contribution in [1.29, 1.82) is 0 Å². The molecule has 4 rings (SSSR count). The van der Waals surface area contributed by atoms with Gasteiger partial charge in [0.1, 0.15) is 24.3 Å². The maximum atomic E-state index is 13.7. The van der Waals surface area contributed by atoms with E-state index in [-0.39, 0.29) is 18.2 Å². The highest BCUT2D eigenvalue weighted by atomic mass is 79.9. The Balaban J connectivity index is 0.000000186. The van der Waals surface area contributed by atoms with Crippen LogP contribution >= 0.6 is 31.9 Å². The third-order valence-corrected chi connectivity index (χ3v) is 5.26. The topological polar surface area (TPSA) is 90.9 Å². The molecule has 4 aromatic rings. The zero-order valence-electron chi connectivity index (χ0n) is 17.5. The van der Waals surface area contributed by atoms with Gasteiger partial charge < -0.3 is 9.84 Å². The lowest BCUT2D eigenvalue weighted by Crippen LogP contribution is -2.04. The lowest BCUT2D eigenvalue weighted by atomic mass is 10.2. The highest BCUT2D eigenvalue weighted by Gasteiger charge is 2.11. The second-order valence-corrected chi connectivity index (χ2v) is 8.46. The quantitative estimate of drug-likeness (QED) is 0.347. The average Bonchev–Trinajstić information content (AvgIpc) is 3.43. The summed E-state index contributed by atoms with van der Waals surface area (Å²) in [6.45, 7) is 1.48. The summed E-state index contributed by atoms with van der Waals surface area (Å²) in [5.74, 6) is -0.0236. The van der Waals surface area contributed by atoms with Crippen molar-refractivity contribution in [3.05, 3.63) is 69.6 Å². The van der Waals surface area contributed by atoms with Crippen LogP contribution in [-0.4, -0.2) is 55.0 Å². The van der Waals surface area contributed by atoms with Gasteiger partial charge in [0, 0.05) is 16.1 Å². The molecule has 0 radical (unpaired) electrons. The second-order valence-electron chi connectivity index (χ2n) is 6.63. The van der Waals surface area contributed by atoms with E-state index in [2.05, 4.69) is 52.0 Å². The van der Waals surface area contributed by atoms with Crippen molar-refractivity contribution in [2.45, 2.75) is 13.1 Å². The highest BCUT2D eigenvalue weighted by molar-refractivity contribution is 9.10. The van der Waals surface area contributed by atoms with Crippen LogP contribution in [0.4, 0.5) is 8.78 Å². The fourth-order valence-corrected chi connectivity index (χ4v) is 3.35. The molecule has 8 nitrogen and oxygen atoms in total. The van der Waals surface area contributed by atoms with Crippen LogP contribution in [0.25, 0.3) is 22.8 Å². The standard InChI is InChI=1S/C11H11BrFN3O.C10H9BrFN3O/c1-17-5-4-16-7-14-11(15-16)9-3-2-8(12)6-10(9)13;11-7-1-2-8(9(12)5-7)10-13-6-15(14-10)3-4-16/h2-3,6-7H,4-5H2,1H3;1-2,5-6,16H,3-4H2. The van der Waals surface area contributed by atoms with Gasteiger partial charge in [0.05, 0.1) is 37.4 Å². The van der Waals surface area contributed by atoms with Crippen molar-refractivity contribution in [2.75, 3.05) is 20.3 Å². The van der Waals surface area contributed by atoms with Crippen LogP contribution in [0, 0.1) is 11.6 Å². The molecule has 33 heavy (non-hydrogen) atoms. The molecule has 0 saturated carbocycles. The molecule has 2 heterocycles. The molecule has 0 amide bonds. The lowest BCUT2D eigenvalue weighted by molar-refractivity contribution is 0.183. The Morgan fingerprint density at radius 1 is 0.848 bits per heavy atom. The molecule has 0 atom stereocenters. The molecular formula is C21H20Br2F2N6O2. The van der Waals surface area contributed by atoms with Crippen molar-refractivity contribution in [2.24, 2.45) is 0 Å². The Labute approximate surface area is 205 Å². The predicted molar refractivity (Wildman–Crippen MR) is 125 cm³/mol. The summed E-state index contributed by atoms with van der Waals surface area (Å²) in [4.78, 5) is 8.05. The summed E-state index contributed by atoms with van der Waals surface area (Å²) < 4.78 is 36.6. The summed E-state index contributed by atoms with van der Waals surface area (Å²) in [5, 5.41) is 17.0. The Morgan fingerprint density at radius 3 is 1.76 bits per heavy atom. The van der Waals surface area contributed by atoms with Crippen LogP contribution in [0.2, 0.25) is 0 Å². The van der Waals surface area contributed by atoms with E-state index in [1.807, 2.05) is 0 Å². The number of aliphatic hydroxyl groups is 1. The summed E-state index contributed by atoms with van der Waals surface area (Å²) in [7, 11) is 1.62. The zero-order chi connectivity index (χ0) is 23.8. The Bertz CT molecular complexity index is 1200. The Hall–Kier alpha value is -2.54. The number of methoxy groups -OCH3 is 1. The second kappa shape index (κ2) is 12.1. The first-order valence-electron chi connectivity index (χ1n) is 9.70. The van der Waals surface area contributed by atoms with Crippen molar-refractivity contribution in [3.8, 4) is 22.8 Å². The van der Waals surface area contributed by atoms with Gasteiger partial charge in [0.15, 0.2) is 11.6 Å². The van der Waals surface area contributed by atoms with Crippen molar-refractivity contribution in [1.82, 2.24) is 29.5 Å². The first-order valence-corrected chi connectivity index (χ1v) is 11.3. The fraction of sp³-hybridized carbons (Fsp3) is 0.238. The van der Waals surface area contributed by atoms with Crippen LogP contribution < -0.4 is 0 Å². The van der Waals surface area contributed by atoms with Crippen molar-refractivity contribution < 1.29 is 18.6 Å². The van der Waals surface area contributed by atoms with Crippen LogP contribution in [0.15, 0.2) is 58.0 Å². The molecule has 174 valence electrons. The summed E-state index contributed by atoms with van der Waals surface area (Å²) in [6, 6.07) is 9.50. The third kappa shape index (κ3) is 6.97. The normalized spacial score (nSPS) is 10.7. The predicted octanol–water partition coefficient (Wildman–Crippen LogP) is 4.33. The molecule has 0 bridgehead atoms. The van der Waals surface area contributed by atoms with Crippen LogP contribution in [0.5, 0.6) is 0 Å². The van der Waals surface area contributed by atoms with Crippen LogP contribution in [0.3, 0.4) is 0 Å². The monoisotopic (exact) mass is 584 g/mol. The van der Waals surface area contributed by atoms with Crippen molar-refractivity contribution >= 4 is 31.9 Å². The fourth-order valence-electron chi connectivity index (χ4n) is 2.68. The smallest absolute Gasteiger partial charge is 0.184 e. The maximum Gasteiger partial charge on any atom is 0.184 e. The van der Waals surface area contributed by atoms with E-state index < -0.39 is 0 Å². The number of rotatable bonds is 7. The molecule has 1 N–H and O–H groups in total. The zero-order valence-corrected chi connectivity index (χ0v) is 20.7. The lowest BCUT2D eigenvalue weighted by Gasteiger charge is -1.99. The van der Waals surface area contributed by atoms with E-state index in [1.165, 1.54) is 23.1 Å². The average molecular weight is 586 g/mol. The van der Waals surface area contributed by atoms with Gasteiger partial charge in [0.2, 0.25) is 0 Å². The Morgan fingerprint density at radius 2 is 1.33 bits per heavy atom. The number of ether oxygens (including phenoxy) is 1. The number of halogens is 4. The first kappa shape index (κ1) is 25.1. The minimum absolute atomic E-state index is 0.0222.